The zero-order valence-corrected chi connectivity index (χ0v) is 15.2. The van der Waals surface area contributed by atoms with Crippen molar-refractivity contribution < 1.29 is 4.79 Å². The first-order chi connectivity index (χ1) is 11.2. The van der Waals surface area contributed by atoms with E-state index in [1.807, 2.05) is 6.26 Å². The molecule has 0 spiro atoms. The van der Waals surface area contributed by atoms with Crippen LogP contribution < -0.4 is 21.5 Å². The first-order valence-electron chi connectivity index (χ1n) is 9.03. The SMILES string of the molecule is C=C1NN[C@@](NC2CCCCCCCCCCC2)(SC)NC1=O. The van der Waals surface area contributed by atoms with Gasteiger partial charge in [0.2, 0.25) is 5.12 Å². The van der Waals surface area contributed by atoms with Gasteiger partial charge in [-0.1, -0.05) is 64.4 Å². The second-order valence-electron chi connectivity index (χ2n) is 6.67. The predicted molar refractivity (Wildman–Crippen MR) is 97.5 cm³/mol. The van der Waals surface area contributed by atoms with E-state index in [1.54, 1.807) is 11.8 Å². The molecule has 2 aliphatic rings. The van der Waals surface area contributed by atoms with Crippen molar-refractivity contribution in [2.24, 2.45) is 0 Å². The fourth-order valence-corrected chi connectivity index (χ4v) is 3.95. The summed E-state index contributed by atoms with van der Waals surface area (Å²) < 4.78 is 0. The van der Waals surface area contributed by atoms with Gasteiger partial charge < -0.3 is 10.7 Å². The Hall–Kier alpha value is -0.720. The molecule has 0 aromatic heterocycles. The van der Waals surface area contributed by atoms with Gasteiger partial charge in [-0.2, -0.15) is 5.43 Å². The van der Waals surface area contributed by atoms with E-state index >= 15 is 0 Å². The Labute approximate surface area is 144 Å². The van der Waals surface area contributed by atoms with E-state index in [9.17, 15) is 4.79 Å². The van der Waals surface area contributed by atoms with E-state index in [2.05, 4.69) is 28.1 Å². The predicted octanol–water partition coefficient (Wildman–Crippen LogP) is 2.96. The van der Waals surface area contributed by atoms with Gasteiger partial charge in [0.15, 0.2) is 0 Å². The largest absolute Gasteiger partial charge is 0.313 e. The van der Waals surface area contributed by atoms with Gasteiger partial charge in [-0.05, 0) is 19.1 Å². The maximum atomic E-state index is 12.0. The fourth-order valence-electron chi connectivity index (χ4n) is 3.31. The maximum absolute atomic E-state index is 12.0. The normalized spacial score (nSPS) is 29.1. The smallest absolute Gasteiger partial charge is 0.271 e. The van der Waals surface area contributed by atoms with Crippen LogP contribution in [0.5, 0.6) is 0 Å². The molecule has 1 saturated carbocycles. The van der Waals surface area contributed by atoms with Crippen LogP contribution in [0, 0.1) is 0 Å². The minimum atomic E-state index is -0.653. The van der Waals surface area contributed by atoms with Crippen LogP contribution in [0.4, 0.5) is 0 Å². The number of hydrogen-bond acceptors (Lipinski definition) is 5. The summed E-state index contributed by atoms with van der Waals surface area (Å²) in [4.78, 5) is 12.0. The Morgan fingerprint density at radius 3 is 2.04 bits per heavy atom. The van der Waals surface area contributed by atoms with Crippen LogP contribution in [-0.4, -0.2) is 23.3 Å². The molecule has 1 heterocycles. The van der Waals surface area contributed by atoms with E-state index < -0.39 is 5.12 Å². The van der Waals surface area contributed by atoms with E-state index in [0.717, 1.165) is 0 Å². The van der Waals surface area contributed by atoms with Gasteiger partial charge in [0.25, 0.3) is 5.91 Å². The molecule has 1 amide bonds. The molecular formula is C17H32N4OS. The third-order valence-electron chi connectivity index (χ3n) is 4.77. The number of thioether (sulfide) groups is 1. The molecule has 5 nitrogen and oxygen atoms in total. The molecule has 132 valence electrons. The third-order valence-corrected chi connectivity index (χ3v) is 5.71. The fraction of sp³-hybridized carbons (Fsp3) is 0.824. The Kier molecular flexibility index (Phi) is 7.73. The highest BCUT2D eigenvalue weighted by Gasteiger charge is 2.37. The first-order valence-corrected chi connectivity index (χ1v) is 10.2. The van der Waals surface area contributed by atoms with Crippen LogP contribution in [0.1, 0.15) is 70.6 Å². The number of carbonyl (C=O) groups is 1. The molecule has 0 aromatic carbocycles. The summed E-state index contributed by atoms with van der Waals surface area (Å²) in [6.45, 7) is 3.69. The van der Waals surface area contributed by atoms with Gasteiger partial charge >= 0.3 is 0 Å². The number of amides is 1. The summed E-state index contributed by atoms with van der Waals surface area (Å²) in [6, 6.07) is 0.419. The van der Waals surface area contributed by atoms with Gasteiger partial charge in [0.05, 0.1) is 0 Å². The molecule has 23 heavy (non-hydrogen) atoms. The molecular weight excluding hydrogens is 308 g/mol. The highest BCUT2D eigenvalue weighted by Crippen LogP contribution is 2.22. The lowest BCUT2D eigenvalue weighted by Gasteiger charge is -2.41. The molecule has 2 rings (SSSR count). The molecule has 6 heteroatoms. The van der Waals surface area contributed by atoms with E-state index in [0.29, 0.717) is 11.7 Å². The molecule has 1 saturated heterocycles. The summed E-state index contributed by atoms with van der Waals surface area (Å²) in [5.74, 6) is -0.154. The maximum Gasteiger partial charge on any atom is 0.271 e. The van der Waals surface area contributed by atoms with Gasteiger partial charge in [-0.25, -0.2) is 0 Å². The lowest BCUT2D eigenvalue weighted by molar-refractivity contribution is -0.121. The molecule has 0 bridgehead atoms. The number of nitrogens with one attached hydrogen (secondary N) is 4. The van der Waals surface area contributed by atoms with Gasteiger partial charge in [-0.15, -0.1) is 11.8 Å². The topological polar surface area (TPSA) is 65.2 Å². The average molecular weight is 341 g/mol. The zero-order valence-electron chi connectivity index (χ0n) is 14.4. The van der Waals surface area contributed by atoms with Crippen LogP contribution >= 0.6 is 11.8 Å². The third kappa shape index (κ3) is 6.01. The van der Waals surface area contributed by atoms with Crippen molar-refractivity contribution in [2.45, 2.75) is 81.8 Å². The van der Waals surface area contributed by atoms with E-state index in [1.165, 1.54) is 70.6 Å². The lowest BCUT2D eigenvalue weighted by Crippen LogP contribution is -2.74. The van der Waals surface area contributed by atoms with Gasteiger partial charge in [0.1, 0.15) is 5.70 Å². The van der Waals surface area contributed by atoms with Crippen LogP contribution in [0.15, 0.2) is 12.3 Å². The van der Waals surface area contributed by atoms with Crippen molar-refractivity contribution in [1.29, 1.82) is 0 Å². The summed E-state index contributed by atoms with van der Waals surface area (Å²) in [5, 5.41) is 5.99. The van der Waals surface area contributed by atoms with Crippen molar-refractivity contribution in [2.75, 3.05) is 6.26 Å². The number of hydrogen-bond donors (Lipinski definition) is 4. The molecule has 2 fully saturated rings. The van der Waals surface area contributed by atoms with Crippen LogP contribution in [-0.2, 0) is 4.79 Å². The molecule has 1 aliphatic carbocycles. The van der Waals surface area contributed by atoms with Crippen molar-refractivity contribution in [3.63, 3.8) is 0 Å². The van der Waals surface area contributed by atoms with E-state index in [4.69, 9.17) is 0 Å². The van der Waals surface area contributed by atoms with Crippen molar-refractivity contribution in [1.82, 2.24) is 21.5 Å². The highest BCUT2D eigenvalue weighted by molar-refractivity contribution is 7.99. The molecule has 0 radical (unpaired) electrons. The Balaban J connectivity index is 1.92. The highest BCUT2D eigenvalue weighted by atomic mass is 32.2. The van der Waals surface area contributed by atoms with Crippen LogP contribution in [0.3, 0.4) is 0 Å². The van der Waals surface area contributed by atoms with Crippen molar-refractivity contribution >= 4 is 17.7 Å². The van der Waals surface area contributed by atoms with Crippen LogP contribution in [0.2, 0.25) is 0 Å². The molecule has 0 unspecified atom stereocenters. The second kappa shape index (κ2) is 9.55. The molecule has 1 aliphatic heterocycles. The van der Waals surface area contributed by atoms with E-state index in [-0.39, 0.29) is 5.91 Å². The minimum absolute atomic E-state index is 0.154. The Morgan fingerprint density at radius 2 is 1.57 bits per heavy atom. The summed E-state index contributed by atoms with van der Waals surface area (Å²) in [6.07, 6.45) is 16.4. The second-order valence-corrected chi connectivity index (χ2v) is 7.69. The minimum Gasteiger partial charge on any atom is -0.313 e. The Bertz CT molecular complexity index is 392. The molecule has 4 N–H and O–H groups in total. The van der Waals surface area contributed by atoms with Crippen LogP contribution in [0.25, 0.3) is 0 Å². The lowest BCUT2D eigenvalue weighted by atomic mass is 9.98. The zero-order chi connectivity index (χ0) is 16.5. The monoisotopic (exact) mass is 340 g/mol. The first kappa shape index (κ1) is 18.6. The molecule has 1 atom stereocenters. The number of carbonyl (C=O) groups excluding carboxylic acids is 1. The quantitative estimate of drug-likeness (QED) is 0.470. The average Bonchev–Trinajstić information content (AvgIpc) is 2.54. The van der Waals surface area contributed by atoms with Gasteiger partial charge in [0, 0.05) is 6.04 Å². The summed E-state index contributed by atoms with van der Waals surface area (Å²) in [5.41, 5.74) is 6.42. The molecule has 0 aromatic rings. The standard InChI is InChI=1S/C17H32N4OS/c1-14-16(22)19-17(23-2,21-20-14)18-15-12-10-8-6-4-3-5-7-9-11-13-15/h15,18,20-21H,1,3-13H2,2H3,(H,19,22)/t17-/m0/s1. The summed E-state index contributed by atoms with van der Waals surface area (Å²) in [7, 11) is 0. The van der Waals surface area contributed by atoms with Crippen molar-refractivity contribution in [3.8, 4) is 0 Å². The van der Waals surface area contributed by atoms with Crippen molar-refractivity contribution in [3.05, 3.63) is 12.3 Å². The van der Waals surface area contributed by atoms with Gasteiger partial charge in [-0.3, -0.25) is 10.1 Å². The number of rotatable bonds is 3. The summed E-state index contributed by atoms with van der Waals surface area (Å²) >= 11 is 1.56. The Morgan fingerprint density at radius 1 is 1.04 bits per heavy atom. The number of hydrazine groups is 1.